The summed E-state index contributed by atoms with van der Waals surface area (Å²) in [6.45, 7) is 0.494. The van der Waals surface area contributed by atoms with Crippen LogP contribution in [0.4, 0.5) is 0 Å². The van der Waals surface area contributed by atoms with Gasteiger partial charge in [0.15, 0.2) is 0 Å². The van der Waals surface area contributed by atoms with E-state index in [1.165, 1.54) is 5.56 Å². The van der Waals surface area contributed by atoms with Crippen LogP contribution < -0.4 is 11.3 Å². The van der Waals surface area contributed by atoms with Crippen LogP contribution in [-0.2, 0) is 6.42 Å². The topological polar surface area (TPSA) is 60.9 Å². The molecule has 0 bridgehead atoms. The Morgan fingerprint density at radius 3 is 3.13 bits per heavy atom. The van der Waals surface area contributed by atoms with E-state index in [0.29, 0.717) is 6.54 Å². The second-order valence-electron chi connectivity index (χ2n) is 3.84. The van der Waals surface area contributed by atoms with Gasteiger partial charge in [-0.25, -0.2) is 0 Å². The highest BCUT2D eigenvalue weighted by molar-refractivity contribution is 5.79. The SMILES string of the molecule is NCC1Cc2ccnc3ccc(=O)n1c23. The average molecular weight is 201 g/mol. The highest BCUT2D eigenvalue weighted by Gasteiger charge is 2.23. The number of nitrogens with zero attached hydrogens (tertiary/aromatic N) is 2. The monoisotopic (exact) mass is 201 g/mol. The van der Waals surface area contributed by atoms with Crippen molar-refractivity contribution in [3.05, 3.63) is 40.3 Å². The lowest BCUT2D eigenvalue weighted by atomic mass is 10.1. The minimum Gasteiger partial charge on any atom is -0.328 e. The molecule has 1 aliphatic heterocycles. The van der Waals surface area contributed by atoms with E-state index in [-0.39, 0.29) is 11.6 Å². The summed E-state index contributed by atoms with van der Waals surface area (Å²) in [7, 11) is 0. The van der Waals surface area contributed by atoms with Crippen molar-refractivity contribution in [3.63, 3.8) is 0 Å². The maximum atomic E-state index is 11.7. The van der Waals surface area contributed by atoms with Gasteiger partial charge in [0.2, 0.25) is 0 Å². The van der Waals surface area contributed by atoms with Crippen LogP contribution in [0.25, 0.3) is 11.0 Å². The molecule has 0 spiro atoms. The van der Waals surface area contributed by atoms with Gasteiger partial charge in [-0.2, -0.15) is 0 Å². The third-order valence-electron chi connectivity index (χ3n) is 2.99. The molecule has 0 amide bonds. The molecule has 15 heavy (non-hydrogen) atoms. The minimum absolute atomic E-state index is 0.0182. The fourth-order valence-corrected chi connectivity index (χ4v) is 2.31. The lowest BCUT2D eigenvalue weighted by Gasteiger charge is -2.10. The molecule has 0 radical (unpaired) electrons. The fourth-order valence-electron chi connectivity index (χ4n) is 2.31. The number of nitrogens with two attached hydrogens (primary N) is 1. The largest absolute Gasteiger partial charge is 0.328 e. The summed E-state index contributed by atoms with van der Waals surface area (Å²) in [5.41, 5.74) is 8.71. The highest BCUT2D eigenvalue weighted by atomic mass is 16.1. The van der Waals surface area contributed by atoms with Gasteiger partial charge in [0, 0.05) is 18.8 Å². The minimum atomic E-state index is 0.0182. The van der Waals surface area contributed by atoms with Crippen LogP contribution in [0.5, 0.6) is 0 Å². The molecule has 1 unspecified atom stereocenters. The van der Waals surface area contributed by atoms with Gasteiger partial charge in [0.25, 0.3) is 5.56 Å². The Morgan fingerprint density at radius 1 is 1.47 bits per heavy atom. The zero-order chi connectivity index (χ0) is 10.4. The number of pyridine rings is 2. The van der Waals surface area contributed by atoms with Crippen molar-refractivity contribution in [3.8, 4) is 0 Å². The fraction of sp³-hybridized carbons (Fsp3) is 0.273. The molecule has 0 saturated carbocycles. The predicted molar refractivity (Wildman–Crippen MR) is 57.8 cm³/mol. The van der Waals surface area contributed by atoms with Gasteiger partial charge < -0.3 is 10.3 Å². The lowest BCUT2D eigenvalue weighted by Crippen LogP contribution is -2.26. The van der Waals surface area contributed by atoms with E-state index in [9.17, 15) is 4.79 Å². The molecule has 2 aromatic heterocycles. The molecule has 1 aliphatic rings. The Hall–Kier alpha value is -1.68. The average Bonchev–Trinajstić information content (AvgIpc) is 2.64. The second-order valence-corrected chi connectivity index (χ2v) is 3.84. The molecule has 3 heterocycles. The van der Waals surface area contributed by atoms with Gasteiger partial charge in [-0.05, 0) is 24.1 Å². The molecular formula is C11H11N3O. The van der Waals surface area contributed by atoms with Gasteiger partial charge in [-0.3, -0.25) is 9.78 Å². The first-order valence-corrected chi connectivity index (χ1v) is 5.00. The van der Waals surface area contributed by atoms with Crippen molar-refractivity contribution >= 4 is 11.0 Å². The first-order valence-electron chi connectivity index (χ1n) is 5.00. The number of hydrogen-bond donors (Lipinski definition) is 1. The third-order valence-corrected chi connectivity index (χ3v) is 2.99. The van der Waals surface area contributed by atoms with Crippen LogP contribution in [0.2, 0.25) is 0 Å². The van der Waals surface area contributed by atoms with Crippen molar-refractivity contribution in [2.45, 2.75) is 12.5 Å². The van der Waals surface area contributed by atoms with E-state index in [1.807, 2.05) is 6.07 Å². The first kappa shape index (κ1) is 8.61. The molecule has 2 N–H and O–H groups in total. The molecule has 0 aliphatic carbocycles. The van der Waals surface area contributed by atoms with E-state index in [2.05, 4.69) is 4.98 Å². The summed E-state index contributed by atoms with van der Waals surface area (Å²) in [4.78, 5) is 16.0. The summed E-state index contributed by atoms with van der Waals surface area (Å²) in [6, 6.07) is 5.40. The number of aromatic nitrogens is 2. The van der Waals surface area contributed by atoms with Crippen molar-refractivity contribution in [1.82, 2.24) is 9.55 Å². The van der Waals surface area contributed by atoms with E-state index in [1.54, 1.807) is 22.9 Å². The van der Waals surface area contributed by atoms with Gasteiger partial charge in [0.05, 0.1) is 17.1 Å². The van der Waals surface area contributed by atoms with Gasteiger partial charge in [-0.1, -0.05) is 0 Å². The molecule has 0 fully saturated rings. The van der Waals surface area contributed by atoms with Crippen molar-refractivity contribution in [2.24, 2.45) is 5.73 Å². The molecule has 3 rings (SSSR count). The normalized spacial score (nSPS) is 18.6. The second kappa shape index (κ2) is 2.90. The Morgan fingerprint density at radius 2 is 2.33 bits per heavy atom. The van der Waals surface area contributed by atoms with Crippen LogP contribution in [-0.4, -0.2) is 16.1 Å². The summed E-state index contributed by atoms with van der Waals surface area (Å²) < 4.78 is 1.78. The standard InChI is InChI=1S/C11H11N3O/c12-6-8-5-7-3-4-13-9-1-2-10(15)14(8)11(7)9/h1-4,8H,5-6,12H2. The molecule has 4 nitrogen and oxygen atoms in total. The smallest absolute Gasteiger partial charge is 0.251 e. The Labute approximate surface area is 86.4 Å². The summed E-state index contributed by atoms with van der Waals surface area (Å²) in [5, 5.41) is 0. The summed E-state index contributed by atoms with van der Waals surface area (Å²) in [5.74, 6) is 0. The van der Waals surface area contributed by atoms with Crippen molar-refractivity contribution in [1.29, 1.82) is 0 Å². The Kier molecular flexibility index (Phi) is 1.67. The van der Waals surface area contributed by atoms with E-state index in [0.717, 1.165) is 17.5 Å². The molecule has 4 heteroatoms. The first-order chi connectivity index (χ1) is 7.31. The lowest BCUT2D eigenvalue weighted by molar-refractivity contribution is 0.539. The van der Waals surface area contributed by atoms with Crippen molar-refractivity contribution in [2.75, 3.05) is 6.54 Å². The van der Waals surface area contributed by atoms with Crippen LogP contribution in [0.15, 0.2) is 29.2 Å². The van der Waals surface area contributed by atoms with Crippen molar-refractivity contribution < 1.29 is 0 Å². The molecule has 1 atom stereocenters. The summed E-state index contributed by atoms with van der Waals surface area (Å²) in [6.07, 6.45) is 2.63. The Bertz CT molecular complexity index is 588. The third kappa shape index (κ3) is 1.05. The van der Waals surface area contributed by atoms with E-state index < -0.39 is 0 Å². The van der Waals surface area contributed by atoms with Crippen LogP contribution in [0, 0.1) is 0 Å². The molecule has 2 aromatic rings. The molecular weight excluding hydrogens is 190 g/mol. The van der Waals surface area contributed by atoms with Crippen LogP contribution in [0.3, 0.4) is 0 Å². The quantitative estimate of drug-likeness (QED) is 0.728. The predicted octanol–water partition coefficient (Wildman–Crippen LogP) is 0.452. The Balaban J connectivity index is 2.47. The summed E-state index contributed by atoms with van der Waals surface area (Å²) >= 11 is 0. The highest BCUT2D eigenvalue weighted by Crippen LogP contribution is 2.28. The maximum Gasteiger partial charge on any atom is 0.251 e. The molecule has 0 saturated heterocycles. The van der Waals surface area contributed by atoms with Crippen LogP contribution in [0.1, 0.15) is 11.6 Å². The van der Waals surface area contributed by atoms with Gasteiger partial charge in [0.1, 0.15) is 0 Å². The number of rotatable bonds is 1. The molecule has 76 valence electrons. The van der Waals surface area contributed by atoms with Crippen LogP contribution >= 0.6 is 0 Å². The van der Waals surface area contributed by atoms with Gasteiger partial charge in [-0.15, -0.1) is 0 Å². The maximum absolute atomic E-state index is 11.7. The molecule has 0 aromatic carbocycles. The van der Waals surface area contributed by atoms with Gasteiger partial charge >= 0.3 is 0 Å². The zero-order valence-electron chi connectivity index (χ0n) is 8.18. The van der Waals surface area contributed by atoms with E-state index in [4.69, 9.17) is 5.73 Å². The number of hydrogen-bond acceptors (Lipinski definition) is 3. The zero-order valence-corrected chi connectivity index (χ0v) is 8.18. The van der Waals surface area contributed by atoms with E-state index >= 15 is 0 Å².